The van der Waals surface area contributed by atoms with Gasteiger partial charge in [0.05, 0.1) is 0 Å². The summed E-state index contributed by atoms with van der Waals surface area (Å²) in [5.41, 5.74) is 0. The fourth-order valence-corrected chi connectivity index (χ4v) is 3.06. The van der Waals surface area contributed by atoms with Crippen molar-refractivity contribution in [2.75, 3.05) is 12.8 Å². The maximum Gasteiger partial charge on any atom is 0.170 e. The molecule has 1 rings (SSSR count). The maximum absolute atomic E-state index is 4.32. The number of rotatable bonds is 7. The van der Waals surface area contributed by atoms with Gasteiger partial charge in [-0.25, -0.2) is 4.98 Å². The molecule has 15 heavy (non-hydrogen) atoms. The number of aryl methyl sites for hydroxylation is 1. The van der Waals surface area contributed by atoms with Crippen molar-refractivity contribution in [1.82, 2.24) is 14.7 Å². The minimum atomic E-state index is 0.668. The number of hydrogen-bond acceptors (Lipinski definition) is 5. The van der Waals surface area contributed by atoms with Gasteiger partial charge in [-0.05, 0) is 44.8 Å². The van der Waals surface area contributed by atoms with Crippen LogP contribution in [0.25, 0.3) is 0 Å². The third kappa shape index (κ3) is 4.95. The number of aromatic nitrogens is 2. The van der Waals surface area contributed by atoms with Gasteiger partial charge >= 0.3 is 0 Å². The molecule has 0 amide bonds. The van der Waals surface area contributed by atoms with E-state index >= 15 is 0 Å². The largest absolute Gasteiger partial charge is 0.317 e. The van der Waals surface area contributed by atoms with Crippen molar-refractivity contribution in [2.24, 2.45) is 0 Å². The zero-order valence-corrected chi connectivity index (χ0v) is 11.2. The van der Waals surface area contributed by atoms with Gasteiger partial charge in [0.15, 0.2) is 4.34 Å². The van der Waals surface area contributed by atoms with E-state index in [9.17, 15) is 0 Å². The molecule has 0 saturated carbocycles. The van der Waals surface area contributed by atoms with E-state index in [0.717, 1.165) is 15.9 Å². The third-order valence-electron chi connectivity index (χ3n) is 2.33. The Labute approximate surface area is 100 Å². The van der Waals surface area contributed by atoms with Crippen LogP contribution in [0.5, 0.6) is 0 Å². The molecule has 0 aliphatic rings. The van der Waals surface area contributed by atoms with E-state index in [1.165, 1.54) is 30.8 Å². The molecule has 0 aromatic carbocycles. The molecule has 1 N–H and O–H groups in total. The minimum Gasteiger partial charge on any atom is -0.317 e. The number of nitrogens with zero attached hydrogens (tertiary/aromatic N) is 2. The minimum absolute atomic E-state index is 0.668. The summed E-state index contributed by atoms with van der Waals surface area (Å²) < 4.78 is 5.26. The van der Waals surface area contributed by atoms with Crippen LogP contribution in [0.1, 0.15) is 32.0 Å². The van der Waals surface area contributed by atoms with E-state index in [0.29, 0.717) is 6.04 Å². The highest BCUT2D eigenvalue weighted by atomic mass is 32.2. The van der Waals surface area contributed by atoms with Gasteiger partial charge in [-0.15, -0.1) is 0 Å². The summed E-state index contributed by atoms with van der Waals surface area (Å²) in [6.45, 7) is 4.16. The summed E-state index contributed by atoms with van der Waals surface area (Å²) in [4.78, 5) is 4.32. The van der Waals surface area contributed by atoms with E-state index in [1.54, 1.807) is 0 Å². The predicted octanol–water partition coefficient (Wildman–Crippen LogP) is 2.72. The van der Waals surface area contributed by atoms with Crippen LogP contribution in [0, 0.1) is 6.92 Å². The summed E-state index contributed by atoms with van der Waals surface area (Å²) >= 11 is 3.33. The molecule has 0 aliphatic carbocycles. The molecule has 1 aromatic rings. The van der Waals surface area contributed by atoms with Gasteiger partial charge in [0.1, 0.15) is 5.82 Å². The topological polar surface area (TPSA) is 37.8 Å². The van der Waals surface area contributed by atoms with Crippen LogP contribution in [0.2, 0.25) is 0 Å². The monoisotopic (exact) mass is 245 g/mol. The molecule has 1 atom stereocenters. The zero-order valence-electron chi connectivity index (χ0n) is 9.62. The Bertz CT molecular complexity index is 271. The second kappa shape index (κ2) is 7.19. The van der Waals surface area contributed by atoms with Crippen molar-refractivity contribution in [2.45, 2.75) is 43.5 Å². The van der Waals surface area contributed by atoms with E-state index in [-0.39, 0.29) is 0 Å². The standard InChI is InChI=1S/C10H19N3S2/c1-4-9(11-3)6-5-7-14-10-12-8(2)13-15-10/h9,11H,4-7H2,1-3H3. The molecule has 1 heterocycles. The Kier molecular flexibility index (Phi) is 6.20. The molecule has 0 aliphatic heterocycles. The molecule has 1 aromatic heterocycles. The maximum atomic E-state index is 4.32. The van der Waals surface area contributed by atoms with Gasteiger partial charge in [0, 0.05) is 11.8 Å². The lowest BCUT2D eigenvalue weighted by atomic mass is 10.1. The highest BCUT2D eigenvalue weighted by molar-refractivity contribution is 8.00. The Morgan fingerprint density at radius 3 is 2.87 bits per heavy atom. The lowest BCUT2D eigenvalue weighted by Crippen LogP contribution is -2.23. The third-order valence-corrected chi connectivity index (χ3v) is 4.34. The molecule has 86 valence electrons. The van der Waals surface area contributed by atoms with Crippen molar-refractivity contribution < 1.29 is 0 Å². The van der Waals surface area contributed by atoms with Crippen LogP contribution in [0.3, 0.4) is 0 Å². The Morgan fingerprint density at radius 2 is 2.33 bits per heavy atom. The van der Waals surface area contributed by atoms with E-state index in [1.807, 2.05) is 25.7 Å². The smallest absolute Gasteiger partial charge is 0.170 e. The number of thioether (sulfide) groups is 1. The summed E-state index contributed by atoms with van der Waals surface area (Å²) in [6, 6.07) is 0.668. The second-order valence-electron chi connectivity index (χ2n) is 3.49. The van der Waals surface area contributed by atoms with Crippen LogP contribution in [0.15, 0.2) is 4.34 Å². The first kappa shape index (κ1) is 12.9. The first-order valence-electron chi connectivity index (χ1n) is 5.36. The SMILES string of the molecule is CCC(CCCSc1nc(C)ns1)NC. The summed E-state index contributed by atoms with van der Waals surface area (Å²) in [6.07, 6.45) is 3.69. The molecule has 3 nitrogen and oxygen atoms in total. The molecular weight excluding hydrogens is 226 g/mol. The van der Waals surface area contributed by atoms with Crippen LogP contribution < -0.4 is 5.32 Å². The highest BCUT2D eigenvalue weighted by Crippen LogP contribution is 2.21. The van der Waals surface area contributed by atoms with E-state index < -0.39 is 0 Å². The van der Waals surface area contributed by atoms with E-state index in [2.05, 4.69) is 21.6 Å². The van der Waals surface area contributed by atoms with Gasteiger partial charge in [-0.3, -0.25) is 0 Å². The first-order chi connectivity index (χ1) is 7.26. The van der Waals surface area contributed by atoms with Crippen LogP contribution >= 0.6 is 23.3 Å². The molecular formula is C10H19N3S2. The van der Waals surface area contributed by atoms with Gasteiger partial charge in [-0.2, -0.15) is 4.37 Å². The normalized spacial score (nSPS) is 13.0. The molecule has 0 radical (unpaired) electrons. The van der Waals surface area contributed by atoms with Crippen LogP contribution in [0.4, 0.5) is 0 Å². The Balaban J connectivity index is 2.11. The summed E-state index contributed by atoms with van der Waals surface area (Å²) in [7, 11) is 2.04. The fourth-order valence-electron chi connectivity index (χ4n) is 1.38. The molecule has 0 fully saturated rings. The quantitative estimate of drug-likeness (QED) is 0.592. The lowest BCUT2D eigenvalue weighted by molar-refractivity contribution is 0.504. The fraction of sp³-hybridized carbons (Fsp3) is 0.800. The number of nitrogens with one attached hydrogen (secondary N) is 1. The molecule has 1 unspecified atom stereocenters. The molecule has 0 bridgehead atoms. The van der Waals surface area contributed by atoms with Crippen molar-refractivity contribution in [3.63, 3.8) is 0 Å². The predicted molar refractivity (Wildman–Crippen MR) is 67.7 cm³/mol. The Hall–Kier alpha value is -0.130. The number of hydrogen-bond donors (Lipinski definition) is 1. The van der Waals surface area contributed by atoms with Crippen molar-refractivity contribution in [3.8, 4) is 0 Å². The van der Waals surface area contributed by atoms with Crippen LogP contribution in [-0.2, 0) is 0 Å². The van der Waals surface area contributed by atoms with Gasteiger partial charge < -0.3 is 5.32 Å². The average molecular weight is 245 g/mol. The second-order valence-corrected chi connectivity index (χ2v) is 5.59. The first-order valence-corrected chi connectivity index (χ1v) is 7.12. The van der Waals surface area contributed by atoms with Gasteiger partial charge in [-0.1, -0.05) is 18.7 Å². The summed E-state index contributed by atoms with van der Waals surface area (Å²) in [5, 5.41) is 3.32. The van der Waals surface area contributed by atoms with Crippen molar-refractivity contribution >= 4 is 23.3 Å². The van der Waals surface area contributed by atoms with Crippen molar-refractivity contribution in [1.29, 1.82) is 0 Å². The summed E-state index contributed by atoms with van der Waals surface area (Å²) in [5.74, 6) is 2.04. The molecule has 0 spiro atoms. The van der Waals surface area contributed by atoms with Crippen molar-refractivity contribution in [3.05, 3.63) is 5.82 Å². The zero-order chi connectivity index (χ0) is 11.1. The average Bonchev–Trinajstić information content (AvgIpc) is 2.65. The van der Waals surface area contributed by atoms with Crippen LogP contribution in [-0.4, -0.2) is 28.2 Å². The molecule has 5 heteroatoms. The van der Waals surface area contributed by atoms with Gasteiger partial charge in [0.25, 0.3) is 0 Å². The molecule has 0 saturated heterocycles. The van der Waals surface area contributed by atoms with Gasteiger partial charge in [0.2, 0.25) is 0 Å². The Morgan fingerprint density at radius 1 is 1.53 bits per heavy atom. The van der Waals surface area contributed by atoms with E-state index in [4.69, 9.17) is 0 Å². The lowest BCUT2D eigenvalue weighted by Gasteiger charge is -2.12. The highest BCUT2D eigenvalue weighted by Gasteiger charge is 2.04.